The van der Waals surface area contributed by atoms with Crippen molar-refractivity contribution in [2.24, 2.45) is 11.8 Å². The Kier molecular flexibility index (Phi) is 8.70. The lowest BCUT2D eigenvalue weighted by Crippen LogP contribution is -2.47. The first-order chi connectivity index (χ1) is 13.6. The predicted molar refractivity (Wildman–Crippen MR) is 121 cm³/mol. The molecule has 1 aliphatic rings. The van der Waals surface area contributed by atoms with Crippen LogP contribution in [0.3, 0.4) is 0 Å². The van der Waals surface area contributed by atoms with Crippen molar-refractivity contribution in [3.05, 3.63) is 28.2 Å². The number of sulfonamides is 1. The molecule has 1 heterocycles. The third-order valence-electron chi connectivity index (χ3n) is 5.38. The van der Waals surface area contributed by atoms with E-state index >= 15 is 0 Å². The first-order valence-electron chi connectivity index (χ1n) is 10.4. The molecule has 0 aliphatic carbocycles. The number of likely N-dealkylation sites (tertiary alicyclic amines) is 1. The fourth-order valence-corrected chi connectivity index (χ4v) is 6.14. The monoisotopic (exact) mass is 487 g/mol. The molecule has 1 fully saturated rings. The van der Waals surface area contributed by atoms with Gasteiger partial charge in [-0.1, -0.05) is 27.7 Å². The molecule has 164 valence electrons. The molecule has 0 spiro atoms. The summed E-state index contributed by atoms with van der Waals surface area (Å²) in [6, 6.07) is 4.60. The fraction of sp³-hybridized carbons (Fsp3) is 0.667. The van der Waals surface area contributed by atoms with E-state index in [0.29, 0.717) is 35.0 Å². The van der Waals surface area contributed by atoms with Crippen LogP contribution in [0.2, 0.25) is 0 Å². The number of halogens is 1. The molecule has 1 saturated heterocycles. The van der Waals surface area contributed by atoms with E-state index in [4.69, 9.17) is 0 Å². The van der Waals surface area contributed by atoms with Crippen LogP contribution < -0.4 is 5.32 Å². The third kappa shape index (κ3) is 6.26. The molecule has 3 unspecified atom stereocenters. The smallest absolute Gasteiger partial charge is 0.252 e. The average Bonchev–Trinajstić information content (AvgIpc) is 2.61. The quantitative estimate of drug-likeness (QED) is 0.608. The van der Waals surface area contributed by atoms with Crippen LogP contribution in [-0.4, -0.2) is 62.3 Å². The summed E-state index contributed by atoms with van der Waals surface area (Å²) < 4.78 is 27.6. The maximum Gasteiger partial charge on any atom is 0.252 e. The number of piperidine rings is 1. The van der Waals surface area contributed by atoms with E-state index in [9.17, 15) is 13.2 Å². The molecule has 8 heteroatoms. The summed E-state index contributed by atoms with van der Waals surface area (Å²) in [6.07, 6.45) is 1.25. The molecular formula is C21H34BrN3O3S. The molecule has 0 radical (unpaired) electrons. The Morgan fingerprint density at radius 1 is 1.24 bits per heavy atom. The van der Waals surface area contributed by atoms with Crippen molar-refractivity contribution in [2.45, 2.75) is 52.0 Å². The first kappa shape index (κ1) is 24.3. The van der Waals surface area contributed by atoms with Gasteiger partial charge in [0.05, 0.1) is 10.5 Å². The highest BCUT2D eigenvalue weighted by Gasteiger charge is 2.26. The van der Waals surface area contributed by atoms with Gasteiger partial charge in [-0.05, 0) is 59.3 Å². The van der Waals surface area contributed by atoms with Crippen LogP contribution in [0.1, 0.15) is 51.4 Å². The number of hydrogen-bond acceptors (Lipinski definition) is 4. The number of amides is 1. The largest absolute Gasteiger partial charge is 0.348 e. The molecule has 0 bridgehead atoms. The van der Waals surface area contributed by atoms with Crippen molar-refractivity contribution >= 4 is 31.9 Å². The Morgan fingerprint density at radius 2 is 1.83 bits per heavy atom. The number of carbonyl (C=O) groups is 1. The maximum atomic E-state index is 12.9. The van der Waals surface area contributed by atoms with Gasteiger partial charge < -0.3 is 10.2 Å². The number of benzene rings is 1. The lowest BCUT2D eigenvalue weighted by atomic mass is 9.92. The van der Waals surface area contributed by atoms with Crippen LogP contribution in [0.15, 0.2) is 27.6 Å². The maximum absolute atomic E-state index is 12.9. The van der Waals surface area contributed by atoms with Gasteiger partial charge in [0.1, 0.15) is 0 Å². The van der Waals surface area contributed by atoms with E-state index in [1.807, 2.05) is 6.92 Å². The van der Waals surface area contributed by atoms with Crippen molar-refractivity contribution in [3.8, 4) is 0 Å². The van der Waals surface area contributed by atoms with E-state index < -0.39 is 10.0 Å². The molecule has 3 atom stereocenters. The van der Waals surface area contributed by atoms with Gasteiger partial charge >= 0.3 is 0 Å². The van der Waals surface area contributed by atoms with Gasteiger partial charge in [0.25, 0.3) is 5.91 Å². The van der Waals surface area contributed by atoms with Crippen molar-refractivity contribution in [1.29, 1.82) is 0 Å². The van der Waals surface area contributed by atoms with Gasteiger partial charge in [-0.15, -0.1) is 0 Å². The summed E-state index contributed by atoms with van der Waals surface area (Å²) in [6.45, 7) is 13.8. The van der Waals surface area contributed by atoms with Gasteiger partial charge in [0.2, 0.25) is 10.0 Å². The molecule has 1 aromatic rings. The zero-order chi connectivity index (χ0) is 21.8. The van der Waals surface area contributed by atoms with Gasteiger partial charge in [-0.2, -0.15) is 4.31 Å². The Hall–Kier alpha value is -0.960. The second kappa shape index (κ2) is 10.4. The Labute approximate surface area is 184 Å². The van der Waals surface area contributed by atoms with E-state index in [-0.39, 0.29) is 16.8 Å². The topological polar surface area (TPSA) is 69.7 Å². The zero-order valence-electron chi connectivity index (χ0n) is 18.1. The molecule has 2 rings (SSSR count). The second-order valence-electron chi connectivity index (χ2n) is 8.27. The third-order valence-corrected chi connectivity index (χ3v) is 8.12. The van der Waals surface area contributed by atoms with E-state index in [0.717, 1.165) is 19.6 Å². The Morgan fingerprint density at radius 3 is 2.38 bits per heavy atom. The number of hydrogen-bond donors (Lipinski definition) is 1. The summed E-state index contributed by atoms with van der Waals surface area (Å²) in [4.78, 5) is 15.4. The first-order valence-corrected chi connectivity index (χ1v) is 12.6. The molecule has 1 amide bonds. The molecule has 29 heavy (non-hydrogen) atoms. The van der Waals surface area contributed by atoms with Crippen LogP contribution in [0.4, 0.5) is 0 Å². The summed E-state index contributed by atoms with van der Waals surface area (Å²) >= 11 is 3.39. The Bertz CT molecular complexity index is 801. The minimum atomic E-state index is -3.61. The standard InChI is InChI=1S/C21H34BrN3O3S/c1-6-25(7-2)29(27,28)18-8-9-20(22)19(11-18)21(26)23-17(5)14-24-12-15(3)10-16(4)13-24/h8-9,11,15-17H,6-7,10,12-14H2,1-5H3,(H,23,26). The molecule has 0 saturated carbocycles. The van der Waals surface area contributed by atoms with Gasteiger partial charge in [0, 0.05) is 43.2 Å². The Balaban J connectivity index is 2.12. The molecular weight excluding hydrogens is 454 g/mol. The summed E-state index contributed by atoms with van der Waals surface area (Å²) in [5, 5.41) is 3.03. The van der Waals surface area contributed by atoms with E-state index in [1.54, 1.807) is 19.9 Å². The van der Waals surface area contributed by atoms with Crippen LogP contribution in [0.5, 0.6) is 0 Å². The highest BCUT2D eigenvalue weighted by molar-refractivity contribution is 9.10. The second-order valence-corrected chi connectivity index (χ2v) is 11.1. The van der Waals surface area contributed by atoms with Crippen molar-refractivity contribution in [1.82, 2.24) is 14.5 Å². The summed E-state index contributed by atoms with van der Waals surface area (Å²) in [7, 11) is -3.61. The summed E-state index contributed by atoms with van der Waals surface area (Å²) in [5.41, 5.74) is 0.338. The normalized spacial score (nSPS) is 21.9. The van der Waals surface area contributed by atoms with Crippen molar-refractivity contribution < 1.29 is 13.2 Å². The van der Waals surface area contributed by atoms with Crippen LogP contribution in [-0.2, 0) is 10.0 Å². The van der Waals surface area contributed by atoms with Gasteiger partial charge in [-0.3, -0.25) is 4.79 Å². The molecule has 0 aromatic heterocycles. The van der Waals surface area contributed by atoms with Crippen LogP contribution in [0.25, 0.3) is 0 Å². The molecule has 1 aliphatic heterocycles. The van der Waals surface area contributed by atoms with E-state index in [1.165, 1.54) is 22.9 Å². The van der Waals surface area contributed by atoms with Crippen molar-refractivity contribution in [3.63, 3.8) is 0 Å². The number of nitrogens with zero attached hydrogens (tertiary/aromatic N) is 2. The SMILES string of the molecule is CCN(CC)S(=O)(=O)c1ccc(Br)c(C(=O)NC(C)CN2CC(C)CC(C)C2)c1. The minimum absolute atomic E-state index is 0.0325. The molecule has 1 aromatic carbocycles. The number of nitrogens with one attached hydrogen (secondary N) is 1. The van der Waals surface area contributed by atoms with Gasteiger partial charge in [0.15, 0.2) is 0 Å². The molecule has 1 N–H and O–H groups in total. The number of rotatable bonds is 8. The lowest BCUT2D eigenvalue weighted by molar-refractivity contribution is 0.0904. The number of carbonyl (C=O) groups excluding carboxylic acids is 1. The highest BCUT2D eigenvalue weighted by atomic mass is 79.9. The summed E-state index contributed by atoms with van der Waals surface area (Å²) in [5.74, 6) is 1.06. The minimum Gasteiger partial charge on any atom is -0.348 e. The fourth-order valence-electron chi connectivity index (χ4n) is 4.23. The lowest BCUT2D eigenvalue weighted by Gasteiger charge is -2.36. The van der Waals surface area contributed by atoms with Gasteiger partial charge in [-0.25, -0.2) is 8.42 Å². The van der Waals surface area contributed by atoms with Crippen LogP contribution in [0, 0.1) is 11.8 Å². The highest BCUT2D eigenvalue weighted by Crippen LogP contribution is 2.24. The van der Waals surface area contributed by atoms with E-state index in [2.05, 4.69) is 40.0 Å². The zero-order valence-corrected chi connectivity index (χ0v) is 20.5. The molecule has 6 nitrogen and oxygen atoms in total. The van der Waals surface area contributed by atoms with Crippen molar-refractivity contribution in [2.75, 3.05) is 32.7 Å². The predicted octanol–water partition coefficient (Wildman–Crippen LogP) is 3.58. The average molecular weight is 488 g/mol. The van der Waals surface area contributed by atoms with Crippen LogP contribution >= 0.6 is 15.9 Å².